The van der Waals surface area contributed by atoms with Gasteiger partial charge in [-0.25, -0.2) is 4.39 Å². The van der Waals surface area contributed by atoms with Crippen molar-refractivity contribution >= 4 is 23.2 Å². The second-order valence-electron chi connectivity index (χ2n) is 5.71. The van der Waals surface area contributed by atoms with Gasteiger partial charge in [0.25, 0.3) is 0 Å². The summed E-state index contributed by atoms with van der Waals surface area (Å²) in [5.41, 5.74) is 1.76. The molecular formula is C20H19FN4O. The van der Waals surface area contributed by atoms with E-state index >= 15 is 0 Å². The number of carbonyl (C=O) groups excluding carboxylic acids is 1. The zero-order chi connectivity index (χ0) is 18.4. The summed E-state index contributed by atoms with van der Waals surface area (Å²) in [5.74, 6) is 0.531. The van der Waals surface area contributed by atoms with Crippen molar-refractivity contribution in [3.05, 3.63) is 78.1 Å². The first-order valence-electron chi connectivity index (χ1n) is 8.36. The molecule has 0 aliphatic rings. The molecule has 0 bridgehead atoms. The smallest absolute Gasteiger partial charge is 0.229 e. The van der Waals surface area contributed by atoms with E-state index in [-0.39, 0.29) is 18.1 Å². The molecule has 5 nitrogen and oxygen atoms in total. The lowest BCUT2D eigenvalue weighted by atomic mass is 10.1. The Morgan fingerprint density at radius 2 is 1.73 bits per heavy atom. The lowest BCUT2D eigenvalue weighted by Gasteiger charge is -2.21. The molecule has 0 unspecified atom stereocenters. The third-order valence-corrected chi connectivity index (χ3v) is 3.86. The molecule has 1 aromatic heterocycles. The third kappa shape index (κ3) is 4.42. The summed E-state index contributed by atoms with van der Waals surface area (Å²) in [6.07, 6.45) is 0.148. The summed E-state index contributed by atoms with van der Waals surface area (Å²) in [7, 11) is 0. The Labute approximate surface area is 151 Å². The number of nitrogens with zero attached hydrogens (tertiary/aromatic N) is 3. The minimum absolute atomic E-state index is 0.148. The van der Waals surface area contributed by atoms with E-state index < -0.39 is 0 Å². The van der Waals surface area contributed by atoms with E-state index in [1.54, 1.807) is 18.2 Å². The van der Waals surface area contributed by atoms with Gasteiger partial charge in [-0.3, -0.25) is 4.79 Å². The number of nitrogens with one attached hydrogen (secondary N) is 1. The van der Waals surface area contributed by atoms with Gasteiger partial charge in [-0.15, -0.1) is 10.2 Å². The van der Waals surface area contributed by atoms with Gasteiger partial charge >= 0.3 is 0 Å². The zero-order valence-corrected chi connectivity index (χ0v) is 14.4. The maximum absolute atomic E-state index is 12.9. The molecule has 1 N–H and O–H groups in total. The van der Waals surface area contributed by atoms with Gasteiger partial charge in [0.1, 0.15) is 5.82 Å². The van der Waals surface area contributed by atoms with Crippen molar-refractivity contribution < 1.29 is 9.18 Å². The number of aromatic nitrogens is 2. The summed E-state index contributed by atoms with van der Waals surface area (Å²) in [6.45, 7) is 2.78. The van der Waals surface area contributed by atoms with E-state index in [4.69, 9.17) is 0 Å². The SMILES string of the molecule is CCN(c1ccccc1)c1ccc(NC(=O)Cc2ccc(F)cc2)nn1. The number of anilines is 3. The second-order valence-corrected chi connectivity index (χ2v) is 5.71. The van der Waals surface area contributed by atoms with Gasteiger partial charge in [-0.2, -0.15) is 0 Å². The van der Waals surface area contributed by atoms with Crippen LogP contribution in [-0.2, 0) is 11.2 Å². The van der Waals surface area contributed by atoms with E-state index in [0.717, 1.165) is 17.8 Å². The minimum atomic E-state index is -0.325. The van der Waals surface area contributed by atoms with Crippen LogP contribution in [-0.4, -0.2) is 22.6 Å². The highest BCUT2D eigenvalue weighted by Crippen LogP contribution is 2.22. The Morgan fingerprint density at radius 1 is 1.00 bits per heavy atom. The number of hydrogen-bond acceptors (Lipinski definition) is 4. The fraction of sp³-hybridized carbons (Fsp3) is 0.150. The van der Waals surface area contributed by atoms with Crippen LogP contribution in [0.5, 0.6) is 0 Å². The molecule has 0 aliphatic heterocycles. The average molecular weight is 350 g/mol. The van der Waals surface area contributed by atoms with Crippen LogP contribution in [0.15, 0.2) is 66.7 Å². The van der Waals surface area contributed by atoms with Crippen LogP contribution in [0, 0.1) is 5.82 Å². The lowest BCUT2D eigenvalue weighted by Crippen LogP contribution is -2.19. The van der Waals surface area contributed by atoms with Crippen molar-refractivity contribution in [2.24, 2.45) is 0 Å². The first kappa shape index (κ1) is 17.5. The first-order valence-corrected chi connectivity index (χ1v) is 8.36. The first-order chi connectivity index (χ1) is 12.7. The van der Waals surface area contributed by atoms with Gasteiger partial charge < -0.3 is 10.2 Å². The van der Waals surface area contributed by atoms with Gasteiger partial charge in [0.15, 0.2) is 11.6 Å². The van der Waals surface area contributed by atoms with Crippen LogP contribution < -0.4 is 10.2 Å². The van der Waals surface area contributed by atoms with Crippen LogP contribution >= 0.6 is 0 Å². The topological polar surface area (TPSA) is 58.1 Å². The van der Waals surface area contributed by atoms with Crippen LogP contribution in [0.3, 0.4) is 0 Å². The average Bonchev–Trinajstić information content (AvgIpc) is 2.66. The maximum Gasteiger partial charge on any atom is 0.229 e. The predicted octanol–water partition coefficient (Wildman–Crippen LogP) is 3.95. The van der Waals surface area contributed by atoms with Crippen LogP contribution in [0.4, 0.5) is 21.7 Å². The molecule has 0 atom stereocenters. The standard InChI is InChI=1S/C20H19FN4O/c1-2-25(17-6-4-3-5-7-17)19-13-12-18(23-24-19)22-20(26)14-15-8-10-16(21)11-9-15/h3-13H,2,14H2,1H3,(H,22,23,26). The molecule has 26 heavy (non-hydrogen) atoms. The van der Waals surface area contributed by atoms with Crippen molar-refractivity contribution in [1.29, 1.82) is 0 Å². The number of hydrogen-bond donors (Lipinski definition) is 1. The number of amides is 1. The maximum atomic E-state index is 12.9. The van der Waals surface area contributed by atoms with Crippen molar-refractivity contribution in [3.8, 4) is 0 Å². The molecule has 0 fully saturated rings. The molecular weight excluding hydrogens is 331 g/mol. The Hall–Kier alpha value is -3.28. The van der Waals surface area contributed by atoms with Gasteiger partial charge in [0.05, 0.1) is 6.42 Å². The van der Waals surface area contributed by atoms with Crippen LogP contribution in [0.2, 0.25) is 0 Å². The lowest BCUT2D eigenvalue weighted by molar-refractivity contribution is -0.115. The Kier molecular flexibility index (Phi) is 5.53. The number of rotatable bonds is 6. The molecule has 132 valence electrons. The minimum Gasteiger partial charge on any atom is -0.325 e. The molecule has 0 saturated carbocycles. The van der Waals surface area contributed by atoms with E-state index in [0.29, 0.717) is 11.6 Å². The quantitative estimate of drug-likeness (QED) is 0.731. The second kappa shape index (κ2) is 8.20. The van der Waals surface area contributed by atoms with Crippen LogP contribution in [0.1, 0.15) is 12.5 Å². The molecule has 1 amide bonds. The highest BCUT2D eigenvalue weighted by atomic mass is 19.1. The molecule has 0 spiro atoms. The van der Waals surface area contributed by atoms with E-state index in [1.165, 1.54) is 12.1 Å². The monoisotopic (exact) mass is 350 g/mol. The molecule has 2 aromatic carbocycles. The summed E-state index contributed by atoms with van der Waals surface area (Å²) in [5, 5.41) is 11.0. The van der Waals surface area contributed by atoms with Gasteiger partial charge in [0.2, 0.25) is 5.91 Å². The summed E-state index contributed by atoms with van der Waals surface area (Å²) in [6, 6.07) is 19.3. The summed E-state index contributed by atoms with van der Waals surface area (Å²) < 4.78 is 12.9. The molecule has 3 rings (SSSR count). The summed E-state index contributed by atoms with van der Waals surface area (Å²) >= 11 is 0. The van der Waals surface area contributed by atoms with E-state index in [1.807, 2.05) is 48.2 Å². The van der Waals surface area contributed by atoms with Crippen molar-refractivity contribution in [1.82, 2.24) is 10.2 Å². The van der Waals surface area contributed by atoms with Gasteiger partial charge in [-0.05, 0) is 48.9 Å². The number of carbonyl (C=O) groups is 1. The van der Waals surface area contributed by atoms with Crippen LogP contribution in [0.25, 0.3) is 0 Å². The third-order valence-electron chi connectivity index (χ3n) is 3.86. The zero-order valence-electron chi connectivity index (χ0n) is 14.4. The van der Waals surface area contributed by atoms with Gasteiger partial charge in [-0.1, -0.05) is 30.3 Å². The Morgan fingerprint density at radius 3 is 2.35 bits per heavy atom. The largest absolute Gasteiger partial charge is 0.325 e. The molecule has 1 heterocycles. The number of halogens is 1. The van der Waals surface area contributed by atoms with E-state index in [9.17, 15) is 9.18 Å². The molecule has 0 aliphatic carbocycles. The highest BCUT2D eigenvalue weighted by molar-refractivity contribution is 5.91. The van der Waals surface area contributed by atoms with Crippen molar-refractivity contribution in [2.75, 3.05) is 16.8 Å². The molecule has 0 radical (unpaired) electrons. The normalized spacial score (nSPS) is 10.4. The molecule has 0 saturated heterocycles. The highest BCUT2D eigenvalue weighted by Gasteiger charge is 2.10. The van der Waals surface area contributed by atoms with Gasteiger partial charge in [0, 0.05) is 12.2 Å². The Bertz CT molecular complexity index is 851. The fourth-order valence-electron chi connectivity index (χ4n) is 2.60. The van der Waals surface area contributed by atoms with E-state index in [2.05, 4.69) is 15.5 Å². The molecule has 6 heteroatoms. The summed E-state index contributed by atoms with van der Waals surface area (Å²) in [4.78, 5) is 14.1. The molecule has 3 aromatic rings. The number of para-hydroxylation sites is 1. The number of benzene rings is 2. The predicted molar refractivity (Wildman–Crippen MR) is 99.9 cm³/mol. The van der Waals surface area contributed by atoms with Crippen molar-refractivity contribution in [2.45, 2.75) is 13.3 Å². The fourth-order valence-corrected chi connectivity index (χ4v) is 2.60. The Balaban J connectivity index is 1.65. The van der Waals surface area contributed by atoms with Crippen molar-refractivity contribution in [3.63, 3.8) is 0 Å².